The van der Waals surface area contributed by atoms with Crippen LogP contribution in [0.5, 0.6) is 5.75 Å². The maximum absolute atomic E-state index is 13.4. The van der Waals surface area contributed by atoms with Crippen molar-refractivity contribution in [3.05, 3.63) is 83.9 Å². The standard InChI is InChI=1S/C29H31FN6O2/c1-19-13-22(8-10-27(19)37-16-20-5-4-6-21(30)14-20)33-28-25-15-23(7-9-26(25)31-18-32-28)34-29-35-24(17-38-29)11-12-36(2)3/h4-10,13-15,18,24H,11-12,16-17H2,1-3H3,(H,34,35)(H,31,32,33). The fraction of sp³-hybridized carbons (Fsp3) is 0.276. The van der Waals surface area contributed by atoms with Crippen molar-refractivity contribution in [1.29, 1.82) is 0 Å². The van der Waals surface area contributed by atoms with Gasteiger partial charge in [0.05, 0.1) is 11.6 Å². The lowest BCUT2D eigenvalue weighted by atomic mass is 10.1. The highest BCUT2D eigenvalue weighted by Crippen LogP contribution is 2.29. The summed E-state index contributed by atoms with van der Waals surface area (Å²) in [7, 11) is 4.11. The molecule has 0 amide bonds. The van der Waals surface area contributed by atoms with E-state index in [0.717, 1.165) is 52.1 Å². The number of rotatable bonds is 9. The summed E-state index contributed by atoms with van der Waals surface area (Å²) in [5, 5.41) is 7.55. The molecule has 1 aliphatic rings. The Morgan fingerprint density at radius 2 is 1.87 bits per heavy atom. The van der Waals surface area contributed by atoms with E-state index in [0.29, 0.717) is 25.1 Å². The highest BCUT2D eigenvalue weighted by atomic mass is 19.1. The van der Waals surface area contributed by atoms with E-state index in [1.165, 1.54) is 12.1 Å². The first-order chi connectivity index (χ1) is 18.4. The molecule has 0 fully saturated rings. The number of aromatic nitrogens is 2. The van der Waals surface area contributed by atoms with Gasteiger partial charge in [-0.15, -0.1) is 0 Å². The Labute approximate surface area is 221 Å². The molecule has 0 saturated heterocycles. The van der Waals surface area contributed by atoms with Crippen molar-refractivity contribution >= 4 is 34.1 Å². The molecule has 1 atom stereocenters. The molecule has 1 aliphatic heterocycles. The first-order valence-corrected chi connectivity index (χ1v) is 12.5. The van der Waals surface area contributed by atoms with Crippen LogP contribution in [0.4, 0.5) is 21.6 Å². The fourth-order valence-corrected chi connectivity index (χ4v) is 4.21. The maximum atomic E-state index is 13.4. The Kier molecular flexibility index (Phi) is 7.65. The first kappa shape index (κ1) is 25.4. The van der Waals surface area contributed by atoms with Crippen molar-refractivity contribution in [1.82, 2.24) is 14.9 Å². The number of ether oxygens (including phenoxy) is 2. The normalized spacial score (nSPS) is 14.9. The Hall–Kier alpha value is -4.24. The molecule has 196 valence electrons. The molecule has 8 nitrogen and oxygen atoms in total. The number of halogens is 1. The topological polar surface area (TPSA) is 83.9 Å². The van der Waals surface area contributed by atoms with E-state index < -0.39 is 0 Å². The molecular weight excluding hydrogens is 483 g/mol. The van der Waals surface area contributed by atoms with E-state index in [1.807, 2.05) is 49.4 Å². The molecular formula is C29H31FN6O2. The number of nitrogens with one attached hydrogen (secondary N) is 2. The van der Waals surface area contributed by atoms with E-state index in [9.17, 15) is 4.39 Å². The predicted molar refractivity (Wildman–Crippen MR) is 149 cm³/mol. The average molecular weight is 515 g/mol. The van der Waals surface area contributed by atoms with E-state index in [2.05, 4.69) is 44.6 Å². The lowest BCUT2D eigenvalue weighted by molar-refractivity contribution is 0.294. The van der Waals surface area contributed by atoms with Crippen LogP contribution in [0.2, 0.25) is 0 Å². The number of hydrogen-bond acceptors (Lipinski definition) is 8. The van der Waals surface area contributed by atoms with Crippen molar-refractivity contribution in [2.24, 2.45) is 4.99 Å². The number of hydrogen-bond donors (Lipinski definition) is 2. The van der Waals surface area contributed by atoms with Gasteiger partial charge in [0.15, 0.2) is 0 Å². The van der Waals surface area contributed by atoms with Gasteiger partial charge >= 0.3 is 0 Å². The van der Waals surface area contributed by atoms with Crippen LogP contribution in [0.15, 0.2) is 72.0 Å². The summed E-state index contributed by atoms with van der Waals surface area (Å²) in [5.41, 5.74) is 4.26. The molecule has 3 aromatic carbocycles. The van der Waals surface area contributed by atoms with Gasteiger partial charge in [0.25, 0.3) is 6.02 Å². The second-order valence-corrected chi connectivity index (χ2v) is 9.59. The van der Waals surface area contributed by atoms with Crippen molar-refractivity contribution in [3.8, 4) is 5.75 Å². The summed E-state index contributed by atoms with van der Waals surface area (Å²) in [6.07, 6.45) is 2.49. The molecule has 0 saturated carbocycles. The molecule has 2 N–H and O–H groups in total. The second-order valence-electron chi connectivity index (χ2n) is 9.59. The van der Waals surface area contributed by atoms with Gasteiger partial charge in [-0.05, 0) is 93.6 Å². The summed E-state index contributed by atoms with van der Waals surface area (Å²) >= 11 is 0. The number of nitrogens with zero attached hydrogens (tertiary/aromatic N) is 4. The Bertz CT molecular complexity index is 1460. The van der Waals surface area contributed by atoms with Crippen LogP contribution in [-0.2, 0) is 11.3 Å². The molecule has 0 radical (unpaired) electrons. The summed E-state index contributed by atoms with van der Waals surface area (Å²) < 4.78 is 25.1. The van der Waals surface area contributed by atoms with Crippen LogP contribution >= 0.6 is 0 Å². The number of benzene rings is 3. The monoisotopic (exact) mass is 514 g/mol. The summed E-state index contributed by atoms with van der Waals surface area (Å²) in [6.45, 7) is 3.82. The van der Waals surface area contributed by atoms with Gasteiger partial charge in [0.1, 0.15) is 36.9 Å². The lowest BCUT2D eigenvalue weighted by Crippen LogP contribution is -2.19. The van der Waals surface area contributed by atoms with E-state index in [-0.39, 0.29) is 11.9 Å². The minimum Gasteiger partial charge on any atom is -0.489 e. The minimum atomic E-state index is -0.272. The van der Waals surface area contributed by atoms with Crippen LogP contribution < -0.4 is 15.4 Å². The van der Waals surface area contributed by atoms with Crippen LogP contribution in [0.3, 0.4) is 0 Å². The van der Waals surface area contributed by atoms with Crippen molar-refractivity contribution in [2.45, 2.75) is 26.0 Å². The molecule has 0 bridgehead atoms. The van der Waals surface area contributed by atoms with Gasteiger partial charge in [-0.2, -0.15) is 0 Å². The Balaban J connectivity index is 1.28. The van der Waals surface area contributed by atoms with Gasteiger partial charge in [0.2, 0.25) is 0 Å². The molecule has 1 aromatic heterocycles. The van der Waals surface area contributed by atoms with E-state index in [1.54, 1.807) is 12.4 Å². The minimum absolute atomic E-state index is 0.157. The van der Waals surface area contributed by atoms with Gasteiger partial charge in [-0.3, -0.25) is 0 Å². The molecule has 0 aliphatic carbocycles. The molecule has 38 heavy (non-hydrogen) atoms. The third-order valence-electron chi connectivity index (χ3n) is 6.23. The largest absolute Gasteiger partial charge is 0.489 e. The Morgan fingerprint density at radius 1 is 1.03 bits per heavy atom. The van der Waals surface area contributed by atoms with E-state index >= 15 is 0 Å². The van der Waals surface area contributed by atoms with Crippen LogP contribution in [0.1, 0.15) is 17.5 Å². The quantitative estimate of drug-likeness (QED) is 0.304. The van der Waals surface area contributed by atoms with Gasteiger partial charge in [0, 0.05) is 16.8 Å². The molecule has 4 aromatic rings. The third kappa shape index (κ3) is 6.36. The molecule has 1 unspecified atom stereocenters. The molecule has 5 rings (SSSR count). The number of aryl methyl sites for hydroxylation is 1. The summed E-state index contributed by atoms with van der Waals surface area (Å²) in [4.78, 5) is 15.7. The smallest absolute Gasteiger partial charge is 0.289 e. The first-order valence-electron chi connectivity index (χ1n) is 12.5. The van der Waals surface area contributed by atoms with Crippen molar-refractivity contribution in [2.75, 3.05) is 37.9 Å². The van der Waals surface area contributed by atoms with Crippen LogP contribution in [0.25, 0.3) is 10.9 Å². The number of anilines is 3. The number of aliphatic imine (C=N–C) groups is 1. The number of amidine groups is 1. The highest BCUT2D eigenvalue weighted by molar-refractivity contribution is 5.97. The summed E-state index contributed by atoms with van der Waals surface area (Å²) in [6, 6.07) is 18.8. The second kappa shape index (κ2) is 11.4. The average Bonchev–Trinajstić information content (AvgIpc) is 3.34. The summed E-state index contributed by atoms with van der Waals surface area (Å²) in [5.74, 6) is 1.15. The molecule has 2 heterocycles. The van der Waals surface area contributed by atoms with E-state index in [4.69, 9.17) is 9.47 Å². The molecule has 0 spiro atoms. The van der Waals surface area contributed by atoms with Crippen LogP contribution in [-0.4, -0.2) is 54.2 Å². The van der Waals surface area contributed by atoms with Crippen LogP contribution in [0, 0.1) is 12.7 Å². The lowest BCUT2D eigenvalue weighted by Gasteiger charge is -2.13. The zero-order chi connectivity index (χ0) is 26.5. The SMILES string of the molecule is Cc1cc(Nc2ncnc3ccc(NC4=NC(CCN(C)C)CO4)cc23)ccc1OCc1cccc(F)c1. The zero-order valence-electron chi connectivity index (χ0n) is 21.7. The maximum Gasteiger partial charge on any atom is 0.289 e. The Morgan fingerprint density at radius 3 is 2.68 bits per heavy atom. The van der Waals surface area contributed by atoms with Gasteiger partial charge in [-0.25, -0.2) is 19.4 Å². The third-order valence-corrected chi connectivity index (χ3v) is 6.23. The van der Waals surface area contributed by atoms with Gasteiger partial charge < -0.3 is 25.0 Å². The molecule has 9 heteroatoms. The van der Waals surface area contributed by atoms with Crippen molar-refractivity contribution < 1.29 is 13.9 Å². The highest BCUT2D eigenvalue weighted by Gasteiger charge is 2.19. The number of fused-ring (bicyclic) bond motifs is 1. The van der Waals surface area contributed by atoms with Crippen molar-refractivity contribution in [3.63, 3.8) is 0 Å². The zero-order valence-corrected chi connectivity index (χ0v) is 21.7. The van der Waals surface area contributed by atoms with Gasteiger partial charge in [-0.1, -0.05) is 12.1 Å². The fourth-order valence-electron chi connectivity index (χ4n) is 4.21. The predicted octanol–water partition coefficient (Wildman–Crippen LogP) is 5.52.